The number of hydrogen-bond acceptors (Lipinski definition) is 4. The summed E-state index contributed by atoms with van der Waals surface area (Å²) in [5.41, 5.74) is 29.7. The van der Waals surface area contributed by atoms with Gasteiger partial charge in [-0.15, -0.1) is 11.3 Å². The highest BCUT2D eigenvalue weighted by atomic mass is 32.1. The van der Waals surface area contributed by atoms with Crippen molar-refractivity contribution in [3.05, 3.63) is 342 Å². The number of hydrogen-bond donors (Lipinski definition) is 0. The monoisotopic (exact) mass is 1530 g/mol. The first kappa shape index (κ1) is 67.4. The largest absolute Gasteiger partial charge is 0.313 e. The van der Waals surface area contributed by atoms with E-state index in [1.807, 2.05) is 23.5 Å². The number of nitriles is 1. The van der Waals surface area contributed by atoms with Crippen LogP contribution in [0.25, 0.3) is 131 Å². The zero-order valence-electron chi connectivity index (χ0n) is 72.2. The highest BCUT2D eigenvalue weighted by Gasteiger charge is 2.46. The summed E-state index contributed by atoms with van der Waals surface area (Å²) in [4.78, 5) is 5.18. The molecule has 6 nitrogen and oxygen atoms in total. The van der Waals surface area contributed by atoms with Gasteiger partial charge < -0.3 is 23.5 Å². The van der Waals surface area contributed by atoms with Gasteiger partial charge in [0.1, 0.15) is 0 Å². The Morgan fingerprint density at radius 3 is 1.44 bits per heavy atom. The third-order valence-corrected chi connectivity index (χ3v) is 26.3. The fourth-order valence-corrected chi connectivity index (χ4v) is 20.3. The number of allylic oxidation sites excluding steroid dienone is 3. The number of anilines is 6. The molecular weight excluding hydrogens is 1440 g/mol. The molecule has 0 fully saturated rings. The van der Waals surface area contributed by atoms with Crippen molar-refractivity contribution in [1.82, 2.24) is 13.7 Å². The topological polar surface area (TPSA) is 45.1 Å². The summed E-state index contributed by atoms with van der Waals surface area (Å²) in [6.07, 6.45) is 6.77. The molecule has 0 saturated heterocycles. The number of thiophene rings is 1. The van der Waals surface area contributed by atoms with E-state index in [4.69, 9.17) is 0 Å². The van der Waals surface area contributed by atoms with Gasteiger partial charge in [-0.05, 0) is 210 Å². The Balaban J connectivity index is 0.933. The molecule has 0 unspecified atom stereocenters. The number of fused-ring (bicyclic) bond motifs is 17. The van der Waals surface area contributed by atoms with Crippen molar-refractivity contribution < 1.29 is 5.48 Å². The van der Waals surface area contributed by atoms with Crippen LogP contribution in [0.3, 0.4) is 0 Å². The van der Waals surface area contributed by atoms with Gasteiger partial charge in [-0.1, -0.05) is 265 Å². The van der Waals surface area contributed by atoms with Gasteiger partial charge >= 0.3 is 0 Å². The fourth-order valence-electron chi connectivity index (χ4n) is 19.1. The molecule has 566 valence electrons. The van der Waals surface area contributed by atoms with Crippen LogP contribution in [0, 0.1) is 11.3 Å². The molecule has 4 aromatic heterocycles. The molecule has 0 N–H and O–H groups in total. The molecule has 8 heteroatoms. The summed E-state index contributed by atoms with van der Waals surface area (Å²) in [5.74, 6) is 0. The fraction of sp³-hybridized carbons (Fsp3) is 0.165. The Kier molecular flexibility index (Phi) is 15.3. The second-order valence-corrected chi connectivity index (χ2v) is 37.5. The van der Waals surface area contributed by atoms with E-state index < -0.39 is 6.71 Å². The van der Waals surface area contributed by atoms with Gasteiger partial charge in [0.05, 0.1) is 50.5 Å². The van der Waals surface area contributed by atoms with Gasteiger partial charge in [-0.25, -0.2) is 0 Å². The number of para-hydroxylation sites is 3. The minimum atomic E-state index is -0.414. The normalized spacial score (nSPS) is 14.9. The third kappa shape index (κ3) is 11.5. The van der Waals surface area contributed by atoms with Crippen LogP contribution in [0.5, 0.6) is 0 Å². The van der Waals surface area contributed by atoms with Gasteiger partial charge in [-0.2, -0.15) is 5.26 Å². The molecule has 117 heavy (non-hydrogen) atoms. The van der Waals surface area contributed by atoms with Crippen LogP contribution in [0.1, 0.15) is 128 Å². The number of aromatic nitrogens is 3. The smallest absolute Gasteiger partial charge is 0.252 e. The van der Waals surface area contributed by atoms with Crippen molar-refractivity contribution in [1.29, 1.82) is 5.26 Å². The minimum absolute atomic E-state index is 0.107. The van der Waals surface area contributed by atoms with E-state index in [0.29, 0.717) is 34.9 Å². The van der Waals surface area contributed by atoms with Crippen LogP contribution in [0.4, 0.5) is 34.1 Å². The molecule has 0 radical (unpaired) electrons. The molecule has 2 aliphatic heterocycles. The molecule has 21 rings (SSSR count). The average molecular weight is 1530 g/mol. The maximum Gasteiger partial charge on any atom is 0.252 e. The standard InChI is InChI=1S/C109H91BN6S/c1-106(2,3)71-43-51-92(82(60-71)68-30-16-13-17-31-68)115-97-64-76(113-89-40-26-23-36-79(89)84-57-67(66-111)29-22-25-42-91(84)113)47-49-87(97)110-88-50-48-77(114-94-53-45-73(108(7,8)9)62-85(94)86-63-74(109(10,11)12)46-54-95(86)114)65-98(88)116(93-52-44-72(107(4,5)6)61-83(93)69-32-18-14-19-33-69)100-59-70(58-99(115)104(100)110)78-38-28-39-81-103-101(117-105(78)81)56-55-96-102(103)80-37-24-27-41-90(80)112(96)75-34-20-15-21-35-75/h13-28,30-41,43-65H,29,42H2,1-12H3/b25-22-,67-57+/i23D,26D,36D,40D. The van der Waals surface area contributed by atoms with Crippen molar-refractivity contribution in [2.75, 3.05) is 9.80 Å². The van der Waals surface area contributed by atoms with Crippen LogP contribution in [-0.4, -0.2) is 20.4 Å². The van der Waals surface area contributed by atoms with Crippen LogP contribution >= 0.6 is 11.3 Å². The Morgan fingerprint density at radius 1 is 0.368 bits per heavy atom. The SMILES string of the molecule is [2H]c1c([2H])c([2H])c2c(c1[2H])c1c(n2-c2ccc3c(c2)N(c2ccc(C(C)(C)C)cc2-c2ccccc2)c2cc(-c4cccc5c4sc4ccc6c(c7ccccc7n6-c6ccccc6)c45)cc4c2B3c2ccc(-n3c5ccc(C(C)(C)C)cc5c5cc(C(C)(C)C)ccc53)cc2N4c2ccc(C(C)(C)C)cc2-c2ccccc2)C/C=C\C/C(C#N)=C\1. The maximum atomic E-state index is 10.8. The molecule has 0 bridgehead atoms. The molecule has 1 aliphatic carbocycles. The lowest BCUT2D eigenvalue weighted by Crippen LogP contribution is -2.61. The Labute approximate surface area is 695 Å². The van der Waals surface area contributed by atoms with E-state index in [2.05, 4.69) is 386 Å². The highest BCUT2D eigenvalue weighted by molar-refractivity contribution is 7.26. The number of nitrogens with zero attached hydrogens (tertiary/aromatic N) is 6. The van der Waals surface area contributed by atoms with Crippen LogP contribution in [-0.2, 0) is 28.1 Å². The lowest BCUT2D eigenvalue weighted by Gasteiger charge is -2.45. The van der Waals surface area contributed by atoms with Crippen molar-refractivity contribution in [3.8, 4) is 56.5 Å². The lowest BCUT2D eigenvalue weighted by atomic mass is 9.33. The number of benzene rings is 14. The zero-order chi connectivity index (χ0) is 83.4. The summed E-state index contributed by atoms with van der Waals surface area (Å²) in [7, 11) is 0. The minimum Gasteiger partial charge on any atom is -0.313 e. The molecule has 0 saturated carbocycles. The molecule has 0 spiro atoms. The predicted molar refractivity (Wildman–Crippen MR) is 501 cm³/mol. The van der Waals surface area contributed by atoms with Crippen molar-refractivity contribution in [2.45, 2.75) is 118 Å². The quantitative estimate of drug-likeness (QED) is 0.112. The van der Waals surface area contributed by atoms with Crippen molar-refractivity contribution >= 4 is 149 Å². The molecule has 3 aliphatic rings. The predicted octanol–water partition coefficient (Wildman–Crippen LogP) is 27.9. The second kappa shape index (κ2) is 26.6. The van der Waals surface area contributed by atoms with E-state index in [1.165, 1.54) is 64.0 Å². The third-order valence-electron chi connectivity index (χ3n) is 25.1. The van der Waals surface area contributed by atoms with Crippen molar-refractivity contribution in [3.63, 3.8) is 0 Å². The Morgan fingerprint density at radius 2 is 0.863 bits per heavy atom. The van der Waals surface area contributed by atoms with E-state index in [-0.39, 0.29) is 45.8 Å². The maximum absolute atomic E-state index is 10.8. The molecule has 0 amide bonds. The van der Waals surface area contributed by atoms with Crippen molar-refractivity contribution in [2.24, 2.45) is 0 Å². The molecule has 6 heterocycles. The lowest BCUT2D eigenvalue weighted by molar-refractivity contribution is 0.590. The van der Waals surface area contributed by atoms with Gasteiger partial charge in [0.25, 0.3) is 6.71 Å². The van der Waals surface area contributed by atoms with E-state index in [0.717, 1.165) is 129 Å². The summed E-state index contributed by atoms with van der Waals surface area (Å²) in [6.45, 7) is 27.2. The molecule has 0 atom stereocenters. The molecule has 18 aromatic rings. The number of rotatable bonds is 8. The summed E-state index contributed by atoms with van der Waals surface area (Å²) < 4.78 is 47.9. The summed E-state index contributed by atoms with van der Waals surface area (Å²) in [6, 6.07) is 102. The highest BCUT2D eigenvalue weighted by Crippen LogP contribution is 2.55. The van der Waals surface area contributed by atoms with E-state index in [1.54, 1.807) is 0 Å². The Hall–Kier alpha value is -12.9. The van der Waals surface area contributed by atoms with Gasteiger partial charge in [0, 0.05) is 128 Å². The summed E-state index contributed by atoms with van der Waals surface area (Å²) >= 11 is 1.86. The van der Waals surface area contributed by atoms with Gasteiger partial charge in [-0.3, -0.25) is 0 Å². The van der Waals surface area contributed by atoms with Gasteiger partial charge in [0.15, 0.2) is 0 Å². The first-order chi connectivity index (χ1) is 58.2. The first-order valence-corrected chi connectivity index (χ1v) is 41.9. The molecular formula is C109H91BN6S. The zero-order valence-corrected chi connectivity index (χ0v) is 69.0. The van der Waals surface area contributed by atoms with E-state index in [9.17, 15) is 10.7 Å². The summed E-state index contributed by atoms with van der Waals surface area (Å²) in [5, 5.41) is 18.4. The second-order valence-electron chi connectivity index (χ2n) is 36.4. The molecule has 14 aromatic carbocycles. The Bertz CT molecular complexity index is 7500. The average Bonchev–Trinajstić information content (AvgIpc) is 0.912. The first-order valence-electron chi connectivity index (χ1n) is 43.1. The van der Waals surface area contributed by atoms with Crippen LogP contribution in [0.2, 0.25) is 0 Å². The van der Waals surface area contributed by atoms with Gasteiger partial charge in [0.2, 0.25) is 0 Å². The van der Waals surface area contributed by atoms with Crippen LogP contribution < -0.4 is 26.2 Å². The van der Waals surface area contributed by atoms with E-state index >= 15 is 0 Å². The van der Waals surface area contributed by atoms with Crippen LogP contribution in [0.15, 0.2) is 309 Å².